The van der Waals surface area contributed by atoms with Crippen LogP contribution >= 0.6 is 23.8 Å². The highest BCUT2D eigenvalue weighted by molar-refractivity contribution is 7.80. The molecule has 2 aromatic rings. The molecular formula is C20H24ClN3O3S. The Labute approximate surface area is 175 Å². The Morgan fingerprint density at radius 2 is 1.79 bits per heavy atom. The zero-order valence-corrected chi connectivity index (χ0v) is 17.6. The second kappa shape index (κ2) is 10.7. The van der Waals surface area contributed by atoms with E-state index in [2.05, 4.69) is 30.0 Å². The minimum Gasteiger partial charge on any atom is -0.490 e. The number of hydrogen-bond donors (Lipinski definition) is 3. The molecule has 0 spiro atoms. The van der Waals surface area contributed by atoms with Crippen LogP contribution in [0.4, 0.5) is 5.69 Å². The number of carbonyl (C=O) groups is 1. The van der Waals surface area contributed by atoms with Gasteiger partial charge in [-0.15, -0.1) is 0 Å². The molecule has 3 N–H and O–H groups in total. The summed E-state index contributed by atoms with van der Waals surface area (Å²) < 4.78 is 11.3. The van der Waals surface area contributed by atoms with Crippen LogP contribution in [0.2, 0.25) is 5.02 Å². The third kappa shape index (κ3) is 6.90. The highest BCUT2D eigenvalue weighted by Gasteiger charge is 2.12. The number of hydrogen-bond acceptors (Lipinski definition) is 4. The van der Waals surface area contributed by atoms with Crippen molar-refractivity contribution in [2.24, 2.45) is 5.92 Å². The van der Waals surface area contributed by atoms with Crippen LogP contribution in [0.25, 0.3) is 0 Å². The van der Waals surface area contributed by atoms with Crippen molar-refractivity contribution >= 4 is 40.5 Å². The SMILES string of the molecule is CCOc1cc(C(=O)NNC(=S)Nc2ccc(Cl)cc2)ccc1OCC(C)C. The second-order valence-electron chi connectivity index (χ2n) is 6.34. The molecule has 1 amide bonds. The van der Waals surface area contributed by atoms with Crippen LogP contribution in [0.3, 0.4) is 0 Å². The number of benzene rings is 2. The molecule has 0 bridgehead atoms. The van der Waals surface area contributed by atoms with Gasteiger partial charge in [-0.3, -0.25) is 15.6 Å². The maximum Gasteiger partial charge on any atom is 0.269 e. The van der Waals surface area contributed by atoms with Gasteiger partial charge in [0.25, 0.3) is 5.91 Å². The molecule has 0 unspecified atom stereocenters. The van der Waals surface area contributed by atoms with Crippen molar-refractivity contribution in [3.05, 3.63) is 53.1 Å². The van der Waals surface area contributed by atoms with E-state index in [0.717, 1.165) is 5.69 Å². The van der Waals surface area contributed by atoms with Crippen LogP contribution in [0.15, 0.2) is 42.5 Å². The molecule has 2 aromatic carbocycles. The van der Waals surface area contributed by atoms with Gasteiger partial charge in [0.05, 0.1) is 13.2 Å². The number of hydrazine groups is 1. The lowest BCUT2D eigenvalue weighted by molar-refractivity contribution is 0.0943. The van der Waals surface area contributed by atoms with Gasteiger partial charge in [0, 0.05) is 16.3 Å². The van der Waals surface area contributed by atoms with Crippen molar-refractivity contribution in [1.29, 1.82) is 0 Å². The fourth-order valence-electron chi connectivity index (χ4n) is 2.17. The van der Waals surface area contributed by atoms with Crippen molar-refractivity contribution in [3.8, 4) is 11.5 Å². The molecule has 0 atom stereocenters. The first kappa shape index (κ1) is 21.8. The number of thiocarbonyl (C=S) groups is 1. The zero-order valence-electron chi connectivity index (χ0n) is 16.0. The molecule has 0 fully saturated rings. The van der Waals surface area contributed by atoms with Gasteiger partial charge in [0.2, 0.25) is 0 Å². The van der Waals surface area contributed by atoms with E-state index >= 15 is 0 Å². The minimum absolute atomic E-state index is 0.248. The minimum atomic E-state index is -0.350. The van der Waals surface area contributed by atoms with Crippen LogP contribution in [0.1, 0.15) is 31.1 Å². The fraction of sp³-hybridized carbons (Fsp3) is 0.300. The molecular weight excluding hydrogens is 398 g/mol. The molecule has 0 saturated carbocycles. The molecule has 28 heavy (non-hydrogen) atoms. The highest BCUT2D eigenvalue weighted by Crippen LogP contribution is 2.29. The molecule has 0 heterocycles. The highest BCUT2D eigenvalue weighted by atomic mass is 35.5. The lowest BCUT2D eigenvalue weighted by atomic mass is 10.2. The van der Waals surface area contributed by atoms with Crippen LogP contribution in [-0.2, 0) is 0 Å². The van der Waals surface area contributed by atoms with E-state index in [0.29, 0.717) is 41.2 Å². The molecule has 0 aromatic heterocycles. The number of anilines is 1. The molecule has 8 heteroatoms. The van der Waals surface area contributed by atoms with Gasteiger partial charge in [0.1, 0.15) is 0 Å². The van der Waals surface area contributed by atoms with Crippen molar-refractivity contribution in [2.75, 3.05) is 18.5 Å². The lowest BCUT2D eigenvalue weighted by Crippen LogP contribution is -2.43. The van der Waals surface area contributed by atoms with E-state index in [1.165, 1.54) is 0 Å². The number of carbonyl (C=O) groups excluding carboxylic acids is 1. The normalized spacial score (nSPS) is 10.3. The largest absolute Gasteiger partial charge is 0.490 e. The summed E-state index contributed by atoms with van der Waals surface area (Å²) in [5.74, 6) is 1.17. The Morgan fingerprint density at radius 1 is 1.07 bits per heavy atom. The summed E-state index contributed by atoms with van der Waals surface area (Å²) in [5.41, 5.74) is 6.39. The summed E-state index contributed by atoms with van der Waals surface area (Å²) in [6.07, 6.45) is 0. The third-order valence-electron chi connectivity index (χ3n) is 3.47. The maximum absolute atomic E-state index is 12.4. The molecule has 2 rings (SSSR count). The van der Waals surface area contributed by atoms with Crippen LogP contribution < -0.4 is 25.6 Å². The van der Waals surface area contributed by atoms with Crippen molar-refractivity contribution in [1.82, 2.24) is 10.9 Å². The van der Waals surface area contributed by atoms with E-state index in [-0.39, 0.29) is 11.0 Å². The first-order chi connectivity index (χ1) is 13.4. The smallest absolute Gasteiger partial charge is 0.269 e. The Morgan fingerprint density at radius 3 is 2.43 bits per heavy atom. The molecule has 6 nitrogen and oxygen atoms in total. The topological polar surface area (TPSA) is 71.6 Å². The van der Waals surface area contributed by atoms with E-state index in [1.807, 2.05) is 6.92 Å². The zero-order chi connectivity index (χ0) is 20.5. The Kier molecular flexibility index (Phi) is 8.35. The van der Waals surface area contributed by atoms with Gasteiger partial charge >= 0.3 is 0 Å². The maximum atomic E-state index is 12.4. The van der Waals surface area contributed by atoms with Gasteiger partial charge in [-0.2, -0.15) is 0 Å². The monoisotopic (exact) mass is 421 g/mol. The first-order valence-electron chi connectivity index (χ1n) is 8.91. The summed E-state index contributed by atoms with van der Waals surface area (Å²) in [6, 6.07) is 12.1. The second-order valence-corrected chi connectivity index (χ2v) is 7.18. The first-order valence-corrected chi connectivity index (χ1v) is 9.70. The summed E-state index contributed by atoms with van der Waals surface area (Å²) in [4.78, 5) is 12.4. The van der Waals surface area contributed by atoms with E-state index in [4.69, 9.17) is 33.3 Å². The van der Waals surface area contributed by atoms with Crippen molar-refractivity contribution in [3.63, 3.8) is 0 Å². The molecule has 0 radical (unpaired) electrons. The van der Waals surface area contributed by atoms with Gasteiger partial charge in [-0.1, -0.05) is 25.4 Å². The standard InChI is InChI=1S/C20H24ClN3O3S/c1-4-26-18-11-14(5-10-17(18)27-12-13(2)3)19(25)23-24-20(28)22-16-8-6-15(21)7-9-16/h5-11,13H,4,12H2,1-3H3,(H,23,25)(H2,22,24,28). The van der Waals surface area contributed by atoms with Crippen LogP contribution in [-0.4, -0.2) is 24.2 Å². The van der Waals surface area contributed by atoms with Crippen LogP contribution in [0, 0.1) is 5.92 Å². The molecule has 0 aliphatic rings. The lowest BCUT2D eigenvalue weighted by Gasteiger charge is -2.15. The number of amides is 1. The van der Waals surface area contributed by atoms with Gasteiger partial charge < -0.3 is 14.8 Å². The Bertz CT molecular complexity index is 813. The van der Waals surface area contributed by atoms with E-state index < -0.39 is 0 Å². The average Bonchev–Trinajstić information content (AvgIpc) is 2.67. The number of rotatable bonds is 7. The molecule has 0 aliphatic carbocycles. The van der Waals surface area contributed by atoms with Gasteiger partial charge in [-0.05, 0) is 67.5 Å². The number of halogens is 1. The summed E-state index contributed by atoms with van der Waals surface area (Å²) >= 11 is 11.0. The number of nitrogens with one attached hydrogen (secondary N) is 3. The van der Waals surface area contributed by atoms with Gasteiger partial charge in [-0.25, -0.2) is 0 Å². The fourth-order valence-corrected chi connectivity index (χ4v) is 2.47. The van der Waals surface area contributed by atoms with E-state index in [1.54, 1.807) is 42.5 Å². The van der Waals surface area contributed by atoms with Crippen LogP contribution in [0.5, 0.6) is 11.5 Å². The predicted octanol–water partition coefficient (Wildman–Crippen LogP) is 4.40. The summed E-state index contributed by atoms with van der Waals surface area (Å²) in [5, 5.41) is 3.82. The number of ether oxygens (including phenoxy) is 2. The van der Waals surface area contributed by atoms with Crippen molar-refractivity contribution < 1.29 is 14.3 Å². The average molecular weight is 422 g/mol. The van der Waals surface area contributed by atoms with E-state index in [9.17, 15) is 4.79 Å². The van der Waals surface area contributed by atoms with Crippen molar-refractivity contribution in [2.45, 2.75) is 20.8 Å². The Balaban J connectivity index is 1.95. The van der Waals surface area contributed by atoms with Gasteiger partial charge in [0.15, 0.2) is 16.6 Å². The quantitative estimate of drug-likeness (QED) is 0.454. The molecule has 0 saturated heterocycles. The summed E-state index contributed by atoms with van der Waals surface area (Å²) in [7, 11) is 0. The third-order valence-corrected chi connectivity index (χ3v) is 3.93. The molecule has 150 valence electrons. The molecule has 0 aliphatic heterocycles. The Hall–Kier alpha value is -2.51. The predicted molar refractivity (Wildman–Crippen MR) is 116 cm³/mol. The summed E-state index contributed by atoms with van der Waals surface area (Å²) in [6.45, 7) is 7.04.